The van der Waals surface area contributed by atoms with E-state index < -0.39 is 0 Å². The van der Waals surface area contributed by atoms with Gasteiger partial charge < -0.3 is 9.64 Å². The maximum atomic E-state index is 12.0. The van der Waals surface area contributed by atoms with E-state index in [4.69, 9.17) is 0 Å². The highest BCUT2D eigenvalue weighted by atomic mass is 16.5. The van der Waals surface area contributed by atoms with Gasteiger partial charge in [-0.1, -0.05) is 6.92 Å². The van der Waals surface area contributed by atoms with Crippen molar-refractivity contribution >= 4 is 11.9 Å². The molecule has 5 nitrogen and oxygen atoms in total. The second-order valence-corrected chi connectivity index (χ2v) is 5.06. The highest BCUT2D eigenvalue weighted by molar-refractivity contribution is 5.78. The lowest BCUT2D eigenvalue weighted by molar-refractivity contribution is -0.146. The van der Waals surface area contributed by atoms with E-state index in [-0.39, 0.29) is 17.8 Å². The fourth-order valence-electron chi connectivity index (χ4n) is 2.28. The minimum absolute atomic E-state index is 0.161. The zero-order valence-electron chi connectivity index (χ0n) is 11.6. The van der Waals surface area contributed by atoms with Gasteiger partial charge in [0.15, 0.2) is 0 Å². The number of likely N-dealkylation sites (tertiary alicyclic amines) is 1. The number of hydrogen-bond donors (Lipinski definition) is 0. The van der Waals surface area contributed by atoms with E-state index in [1.807, 2.05) is 23.8 Å². The predicted molar refractivity (Wildman–Crippen MR) is 69.1 cm³/mol. The third kappa shape index (κ3) is 4.64. The van der Waals surface area contributed by atoms with Crippen LogP contribution in [0.5, 0.6) is 0 Å². The quantitative estimate of drug-likeness (QED) is 0.681. The van der Waals surface area contributed by atoms with Gasteiger partial charge in [0.2, 0.25) is 5.91 Å². The van der Waals surface area contributed by atoms with Gasteiger partial charge in [0.05, 0.1) is 19.6 Å². The summed E-state index contributed by atoms with van der Waals surface area (Å²) < 4.78 is 4.67. The lowest BCUT2D eigenvalue weighted by Gasteiger charge is -2.29. The summed E-state index contributed by atoms with van der Waals surface area (Å²) in [6.07, 6.45) is 3.43. The fraction of sp³-hybridized carbons (Fsp3) is 0.846. The third-order valence-electron chi connectivity index (χ3n) is 3.30. The Morgan fingerprint density at radius 3 is 2.44 bits per heavy atom. The van der Waals surface area contributed by atoms with E-state index in [9.17, 15) is 9.59 Å². The van der Waals surface area contributed by atoms with Crippen molar-refractivity contribution in [3.63, 3.8) is 0 Å². The Labute approximate surface area is 109 Å². The molecule has 0 bridgehead atoms. The van der Waals surface area contributed by atoms with Gasteiger partial charge in [-0.05, 0) is 26.3 Å². The Bertz CT molecular complexity index is 288. The molecule has 1 amide bonds. The molecule has 1 atom stereocenters. The Hall–Kier alpha value is -1.10. The van der Waals surface area contributed by atoms with Crippen molar-refractivity contribution < 1.29 is 14.3 Å². The Morgan fingerprint density at radius 2 is 1.89 bits per heavy atom. The molecule has 0 saturated carbocycles. The number of nitrogens with zero attached hydrogens (tertiary/aromatic N) is 2. The van der Waals surface area contributed by atoms with Crippen molar-refractivity contribution in [3.05, 3.63) is 0 Å². The Kier molecular flexibility index (Phi) is 6.12. The number of esters is 1. The number of ether oxygens (including phenoxy) is 1. The number of rotatable bonds is 5. The van der Waals surface area contributed by atoms with Crippen LogP contribution in [0.25, 0.3) is 0 Å². The molecule has 18 heavy (non-hydrogen) atoms. The van der Waals surface area contributed by atoms with Crippen LogP contribution in [-0.2, 0) is 14.3 Å². The lowest BCUT2D eigenvalue weighted by Crippen LogP contribution is -2.43. The first-order valence-electron chi connectivity index (χ1n) is 6.58. The van der Waals surface area contributed by atoms with Crippen LogP contribution in [0.2, 0.25) is 0 Å². The molecule has 1 aliphatic heterocycles. The summed E-state index contributed by atoms with van der Waals surface area (Å²) in [4.78, 5) is 27.1. The number of carbonyl (C=O) groups excluding carboxylic acids is 2. The summed E-state index contributed by atoms with van der Waals surface area (Å²) in [5.74, 6) is -0.268. The molecule has 0 spiro atoms. The van der Waals surface area contributed by atoms with Crippen LogP contribution in [-0.4, -0.2) is 62.0 Å². The molecular weight excluding hydrogens is 232 g/mol. The van der Waals surface area contributed by atoms with E-state index >= 15 is 0 Å². The van der Waals surface area contributed by atoms with Gasteiger partial charge in [-0.2, -0.15) is 0 Å². The molecule has 0 radical (unpaired) electrons. The van der Waals surface area contributed by atoms with Gasteiger partial charge in [0.1, 0.15) is 0 Å². The highest BCUT2D eigenvalue weighted by Crippen LogP contribution is 2.09. The number of amides is 1. The molecule has 0 N–H and O–H groups in total. The van der Waals surface area contributed by atoms with Crippen LogP contribution in [0.3, 0.4) is 0 Å². The molecule has 1 fully saturated rings. The molecule has 1 unspecified atom stereocenters. The van der Waals surface area contributed by atoms with Crippen molar-refractivity contribution in [2.24, 2.45) is 5.92 Å². The van der Waals surface area contributed by atoms with Gasteiger partial charge >= 0.3 is 5.97 Å². The minimum Gasteiger partial charge on any atom is -0.469 e. The van der Waals surface area contributed by atoms with Crippen molar-refractivity contribution in [2.45, 2.75) is 26.2 Å². The van der Waals surface area contributed by atoms with E-state index in [1.165, 1.54) is 13.5 Å². The molecule has 0 aliphatic carbocycles. The van der Waals surface area contributed by atoms with Gasteiger partial charge in [-0.3, -0.25) is 14.5 Å². The first-order valence-corrected chi connectivity index (χ1v) is 6.58. The summed E-state index contributed by atoms with van der Waals surface area (Å²) in [5, 5.41) is 0. The summed E-state index contributed by atoms with van der Waals surface area (Å²) in [6.45, 7) is 4.49. The number of hydrogen-bond acceptors (Lipinski definition) is 4. The largest absolute Gasteiger partial charge is 0.469 e. The normalized spacial score (nSPS) is 17.7. The zero-order chi connectivity index (χ0) is 13.5. The van der Waals surface area contributed by atoms with Gasteiger partial charge in [0.25, 0.3) is 0 Å². The van der Waals surface area contributed by atoms with E-state index in [0.29, 0.717) is 13.1 Å². The molecule has 0 aromatic rings. The van der Waals surface area contributed by atoms with Crippen LogP contribution in [0.4, 0.5) is 0 Å². The Morgan fingerprint density at radius 1 is 1.28 bits per heavy atom. The Balaban J connectivity index is 2.32. The van der Waals surface area contributed by atoms with E-state index in [1.54, 1.807) is 0 Å². The summed E-state index contributed by atoms with van der Waals surface area (Å²) in [7, 11) is 3.25. The molecule has 0 aromatic heterocycles. The predicted octanol–water partition coefficient (Wildman–Crippen LogP) is 0.740. The van der Waals surface area contributed by atoms with E-state index in [2.05, 4.69) is 4.74 Å². The standard InChI is InChI=1S/C13H24N2O3/c1-11(13(17)18-3)9-14(2)10-12(16)15-7-5-4-6-8-15/h11H,4-10H2,1-3H3. The average Bonchev–Trinajstić information content (AvgIpc) is 2.38. The topological polar surface area (TPSA) is 49.9 Å². The van der Waals surface area contributed by atoms with Crippen LogP contribution >= 0.6 is 0 Å². The monoisotopic (exact) mass is 256 g/mol. The third-order valence-corrected chi connectivity index (χ3v) is 3.30. The molecule has 1 saturated heterocycles. The molecule has 1 rings (SSSR count). The first-order chi connectivity index (χ1) is 8.54. The van der Waals surface area contributed by atoms with Crippen LogP contribution in [0.1, 0.15) is 26.2 Å². The molecule has 1 aliphatic rings. The summed E-state index contributed by atoms with van der Waals surface area (Å²) in [6, 6.07) is 0. The molecule has 0 aromatic carbocycles. The fourth-order valence-corrected chi connectivity index (χ4v) is 2.28. The van der Waals surface area contributed by atoms with Gasteiger partial charge in [-0.15, -0.1) is 0 Å². The van der Waals surface area contributed by atoms with Gasteiger partial charge in [-0.25, -0.2) is 0 Å². The highest BCUT2D eigenvalue weighted by Gasteiger charge is 2.20. The van der Waals surface area contributed by atoms with Crippen molar-refractivity contribution in [2.75, 3.05) is 40.3 Å². The van der Waals surface area contributed by atoms with Crippen molar-refractivity contribution in [1.29, 1.82) is 0 Å². The van der Waals surface area contributed by atoms with Crippen LogP contribution in [0, 0.1) is 5.92 Å². The maximum absolute atomic E-state index is 12.0. The first kappa shape index (κ1) is 15.0. The molecule has 104 valence electrons. The smallest absolute Gasteiger partial charge is 0.309 e. The van der Waals surface area contributed by atoms with Crippen LogP contribution in [0.15, 0.2) is 0 Å². The maximum Gasteiger partial charge on any atom is 0.309 e. The lowest BCUT2D eigenvalue weighted by atomic mass is 10.1. The SMILES string of the molecule is COC(=O)C(C)CN(C)CC(=O)N1CCCCC1. The second-order valence-electron chi connectivity index (χ2n) is 5.06. The minimum atomic E-state index is -0.229. The number of methoxy groups -OCH3 is 1. The molecular formula is C13H24N2O3. The van der Waals surface area contributed by atoms with Crippen LogP contribution < -0.4 is 0 Å². The number of carbonyl (C=O) groups is 2. The summed E-state index contributed by atoms with van der Waals surface area (Å²) >= 11 is 0. The van der Waals surface area contributed by atoms with Gasteiger partial charge in [0, 0.05) is 19.6 Å². The number of piperidine rings is 1. The number of likely N-dealkylation sites (N-methyl/N-ethyl adjacent to an activating group) is 1. The zero-order valence-corrected chi connectivity index (χ0v) is 11.6. The average molecular weight is 256 g/mol. The molecule has 1 heterocycles. The van der Waals surface area contributed by atoms with Crippen molar-refractivity contribution in [1.82, 2.24) is 9.80 Å². The molecule has 5 heteroatoms. The second kappa shape index (κ2) is 7.36. The summed E-state index contributed by atoms with van der Waals surface area (Å²) in [5.41, 5.74) is 0. The van der Waals surface area contributed by atoms with Crippen molar-refractivity contribution in [3.8, 4) is 0 Å². The van der Waals surface area contributed by atoms with E-state index in [0.717, 1.165) is 25.9 Å².